The normalized spacial score (nSPS) is 12.9. The fourth-order valence-electron chi connectivity index (χ4n) is 3.97. The summed E-state index contributed by atoms with van der Waals surface area (Å²) in [6.07, 6.45) is 3.38. The molecule has 0 heteroatoms. The predicted octanol–water partition coefficient (Wildman–Crippen LogP) is 6.49. The number of allylic oxidation sites excluding steroid dienone is 1. The zero-order chi connectivity index (χ0) is 16.6. The van der Waals surface area contributed by atoms with Crippen LogP contribution in [-0.2, 0) is 6.42 Å². The minimum atomic E-state index is 1.00. The van der Waals surface area contributed by atoms with Gasteiger partial charge in [-0.1, -0.05) is 97.1 Å². The quantitative estimate of drug-likeness (QED) is 0.396. The summed E-state index contributed by atoms with van der Waals surface area (Å²) in [5, 5.41) is 2.65. The van der Waals surface area contributed by atoms with Gasteiger partial charge in [0.15, 0.2) is 0 Å². The molecule has 0 radical (unpaired) electrons. The van der Waals surface area contributed by atoms with Crippen molar-refractivity contribution in [1.29, 1.82) is 0 Å². The van der Waals surface area contributed by atoms with Crippen LogP contribution in [0, 0.1) is 0 Å². The standard InChI is InChI=1S/C25H18/c1-3-9-18(10-4-1)23-16-15-21-17-20-13-7-8-14-22(20)24(25(21)23)19-11-5-2-6-12-19/h1-14,16-17H,15H2. The molecule has 1 aliphatic rings. The van der Waals surface area contributed by atoms with Gasteiger partial charge in [0.25, 0.3) is 0 Å². The zero-order valence-electron chi connectivity index (χ0n) is 13.9. The third-order valence-corrected chi connectivity index (χ3v) is 5.07. The molecule has 0 heterocycles. The van der Waals surface area contributed by atoms with E-state index in [4.69, 9.17) is 0 Å². The van der Waals surface area contributed by atoms with E-state index in [2.05, 4.69) is 97.1 Å². The van der Waals surface area contributed by atoms with Crippen LogP contribution in [0.5, 0.6) is 0 Å². The fraction of sp³-hybridized carbons (Fsp3) is 0.0400. The average Bonchev–Trinajstić information content (AvgIpc) is 3.11. The van der Waals surface area contributed by atoms with E-state index in [0.717, 1.165) is 6.42 Å². The Morgan fingerprint density at radius 1 is 0.560 bits per heavy atom. The molecular formula is C25H18. The van der Waals surface area contributed by atoms with E-state index in [-0.39, 0.29) is 0 Å². The number of fused-ring (bicyclic) bond motifs is 2. The summed E-state index contributed by atoms with van der Waals surface area (Å²) in [7, 11) is 0. The van der Waals surface area contributed by atoms with Crippen molar-refractivity contribution in [2.24, 2.45) is 0 Å². The SMILES string of the molecule is C1=C(c2ccccc2)c2c(cc3ccccc3c2-c2ccccc2)C1. The molecule has 1 aliphatic carbocycles. The molecule has 0 bridgehead atoms. The fourth-order valence-corrected chi connectivity index (χ4v) is 3.97. The number of hydrogen-bond donors (Lipinski definition) is 0. The molecule has 25 heavy (non-hydrogen) atoms. The molecule has 4 aromatic carbocycles. The van der Waals surface area contributed by atoms with E-state index in [1.807, 2.05) is 0 Å². The van der Waals surface area contributed by atoms with Crippen LogP contribution < -0.4 is 0 Å². The molecule has 0 atom stereocenters. The van der Waals surface area contributed by atoms with Crippen molar-refractivity contribution in [1.82, 2.24) is 0 Å². The molecule has 0 N–H and O–H groups in total. The van der Waals surface area contributed by atoms with Crippen LogP contribution in [0.4, 0.5) is 0 Å². The van der Waals surface area contributed by atoms with Gasteiger partial charge >= 0.3 is 0 Å². The van der Waals surface area contributed by atoms with Crippen LogP contribution in [0.1, 0.15) is 16.7 Å². The maximum atomic E-state index is 2.38. The van der Waals surface area contributed by atoms with Gasteiger partial charge in [0.05, 0.1) is 0 Å². The van der Waals surface area contributed by atoms with Crippen LogP contribution in [0.25, 0.3) is 27.5 Å². The Kier molecular flexibility index (Phi) is 3.28. The van der Waals surface area contributed by atoms with Crippen LogP contribution in [0.3, 0.4) is 0 Å². The van der Waals surface area contributed by atoms with Crippen LogP contribution in [-0.4, -0.2) is 0 Å². The molecule has 0 amide bonds. The maximum absolute atomic E-state index is 2.38. The summed E-state index contributed by atoms with van der Waals surface area (Å²) >= 11 is 0. The molecular weight excluding hydrogens is 300 g/mol. The maximum Gasteiger partial charge on any atom is -0.00238 e. The smallest absolute Gasteiger partial charge is 0.00238 e. The highest BCUT2D eigenvalue weighted by atomic mass is 14.3. The molecule has 5 rings (SSSR count). The Morgan fingerprint density at radius 2 is 1.20 bits per heavy atom. The predicted molar refractivity (Wildman–Crippen MR) is 107 cm³/mol. The Balaban J connectivity index is 1.86. The molecule has 0 nitrogen and oxygen atoms in total. The van der Waals surface area contributed by atoms with Crippen molar-refractivity contribution in [3.05, 3.63) is 114 Å². The first kappa shape index (κ1) is 14.2. The third kappa shape index (κ3) is 2.30. The lowest BCUT2D eigenvalue weighted by Crippen LogP contribution is -1.94. The van der Waals surface area contributed by atoms with E-state index in [1.165, 1.54) is 44.2 Å². The average molecular weight is 318 g/mol. The summed E-state index contributed by atoms with van der Waals surface area (Å²) in [6.45, 7) is 0. The lowest BCUT2D eigenvalue weighted by Gasteiger charge is -2.17. The van der Waals surface area contributed by atoms with Crippen LogP contribution in [0.15, 0.2) is 97.1 Å². The van der Waals surface area contributed by atoms with E-state index >= 15 is 0 Å². The van der Waals surface area contributed by atoms with Gasteiger partial charge in [0.2, 0.25) is 0 Å². The van der Waals surface area contributed by atoms with E-state index in [0.29, 0.717) is 0 Å². The second-order valence-corrected chi connectivity index (χ2v) is 6.56. The van der Waals surface area contributed by atoms with Gasteiger partial charge < -0.3 is 0 Å². The van der Waals surface area contributed by atoms with Gasteiger partial charge in [-0.05, 0) is 50.6 Å². The van der Waals surface area contributed by atoms with Crippen molar-refractivity contribution in [2.75, 3.05) is 0 Å². The summed E-state index contributed by atoms with van der Waals surface area (Å²) < 4.78 is 0. The van der Waals surface area contributed by atoms with Crippen molar-refractivity contribution < 1.29 is 0 Å². The molecule has 4 aromatic rings. The summed E-state index contributed by atoms with van der Waals surface area (Å²) in [6, 6.07) is 32.7. The number of rotatable bonds is 2. The molecule has 0 aliphatic heterocycles. The largest absolute Gasteiger partial charge is 0.0716 e. The lowest BCUT2D eigenvalue weighted by atomic mass is 9.87. The number of hydrogen-bond acceptors (Lipinski definition) is 0. The van der Waals surface area contributed by atoms with Crippen molar-refractivity contribution in [3.63, 3.8) is 0 Å². The van der Waals surface area contributed by atoms with Gasteiger partial charge in [-0.2, -0.15) is 0 Å². The molecule has 0 fully saturated rings. The first-order chi connectivity index (χ1) is 12.4. The topological polar surface area (TPSA) is 0 Å². The van der Waals surface area contributed by atoms with E-state index in [9.17, 15) is 0 Å². The minimum Gasteiger partial charge on any atom is -0.0716 e. The van der Waals surface area contributed by atoms with Gasteiger partial charge in [-0.25, -0.2) is 0 Å². The second kappa shape index (κ2) is 5.75. The summed E-state index contributed by atoms with van der Waals surface area (Å²) in [5.41, 5.74) is 8.14. The second-order valence-electron chi connectivity index (χ2n) is 6.56. The molecule has 0 saturated heterocycles. The van der Waals surface area contributed by atoms with Gasteiger partial charge in [-0.3, -0.25) is 0 Å². The lowest BCUT2D eigenvalue weighted by molar-refractivity contribution is 1.32. The van der Waals surface area contributed by atoms with E-state index < -0.39 is 0 Å². The molecule has 0 aromatic heterocycles. The van der Waals surface area contributed by atoms with Crippen molar-refractivity contribution in [2.45, 2.75) is 6.42 Å². The first-order valence-corrected chi connectivity index (χ1v) is 8.78. The highest BCUT2D eigenvalue weighted by Gasteiger charge is 2.22. The Hall–Kier alpha value is -3.12. The highest BCUT2D eigenvalue weighted by Crippen LogP contribution is 2.43. The van der Waals surface area contributed by atoms with Gasteiger partial charge in [0, 0.05) is 0 Å². The monoisotopic (exact) mass is 318 g/mol. The first-order valence-electron chi connectivity index (χ1n) is 8.78. The van der Waals surface area contributed by atoms with Gasteiger partial charge in [0.1, 0.15) is 0 Å². The molecule has 0 saturated carbocycles. The Bertz CT molecular complexity index is 1090. The number of benzene rings is 4. The zero-order valence-corrected chi connectivity index (χ0v) is 13.9. The molecule has 0 spiro atoms. The van der Waals surface area contributed by atoms with Crippen molar-refractivity contribution >= 4 is 16.3 Å². The molecule has 118 valence electrons. The van der Waals surface area contributed by atoms with Crippen LogP contribution in [0.2, 0.25) is 0 Å². The van der Waals surface area contributed by atoms with Crippen LogP contribution >= 0.6 is 0 Å². The summed E-state index contributed by atoms with van der Waals surface area (Å²) in [4.78, 5) is 0. The molecule has 0 unspecified atom stereocenters. The summed E-state index contributed by atoms with van der Waals surface area (Å²) in [5.74, 6) is 0. The van der Waals surface area contributed by atoms with Crippen molar-refractivity contribution in [3.8, 4) is 11.1 Å². The Morgan fingerprint density at radius 3 is 1.96 bits per heavy atom. The minimum absolute atomic E-state index is 1.00. The Labute approximate surface area is 148 Å². The third-order valence-electron chi connectivity index (χ3n) is 5.07. The highest BCUT2D eigenvalue weighted by molar-refractivity contribution is 6.06. The van der Waals surface area contributed by atoms with Gasteiger partial charge in [-0.15, -0.1) is 0 Å². The van der Waals surface area contributed by atoms with E-state index in [1.54, 1.807) is 0 Å².